The van der Waals surface area contributed by atoms with E-state index < -0.39 is 6.10 Å². The van der Waals surface area contributed by atoms with Crippen molar-refractivity contribution in [3.05, 3.63) is 12.2 Å². The van der Waals surface area contributed by atoms with Crippen molar-refractivity contribution in [2.75, 3.05) is 7.11 Å². The summed E-state index contributed by atoms with van der Waals surface area (Å²) in [5.41, 5.74) is 0.606. The Hall–Kier alpha value is -0.340. The van der Waals surface area contributed by atoms with Gasteiger partial charge in [0.2, 0.25) is 0 Å². The molecule has 78 valence electrons. The minimum absolute atomic E-state index is 0.390. The lowest BCUT2D eigenvalue weighted by atomic mass is 9.87. The van der Waals surface area contributed by atoms with Crippen LogP contribution < -0.4 is 0 Å². The van der Waals surface area contributed by atoms with E-state index >= 15 is 0 Å². The Balaban J connectivity index is 4.43. The second-order valence-corrected chi connectivity index (χ2v) is 3.65. The number of hydrogen-bond acceptors (Lipinski definition) is 2. The first kappa shape index (κ1) is 12.7. The molecule has 1 N–H and O–H groups in total. The van der Waals surface area contributed by atoms with Crippen LogP contribution in [0.25, 0.3) is 0 Å². The zero-order chi connectivity index (χ0) is 10.5. The highest BCUT2D eigenvalue weighted by Crippen LogP contribution is 2.27. The third-order valence-corrected chi connectivity index (χ3v) is 2.75. The van der Waals surface area contributed by atoms with Crippen LogP contribution in [0.15, 0.2) is 12.2 Å². The van der Waals surface area contributed by atoms with Gasteiger partial charge in [-0.05, 0) is 26.2 Å². The average molecular weight is 186 g/mol. The predicted octanol–water partition coefficient (Wildman–Crippen LogP) is 2.52. The highest BCUT2D eigenvalue weighted by Gasteiger charge is 2.34. The first-order valence-electron chi connectivity index (χ1n) is 4.90. The summed E-state index contributed by atoms with van der Waals surface area (Å²) in [5.74, 6) is 0. The van der Waals surface area contributed by atoms with E-state index in [1.54, 1.807) is 7.11 Å². The molecule has 0 saturated heterocycles. The van der Waals surface area contributed by atoms with Gasteiger partial charge in [-0.25, -0.2) is 0 Å². The van der Waals surface area contributed by atoms with Crippen LogP contribution in [0, 0.1) is 0 Å². The van der Waals surface area contributed by atoms with E-state index in [1.807, 2.05) is 20.8 Å². The predicted molar refractivity (Wildman–Crippen MR) is 55.8 cm³/mol. The first-order chi connectivity index (χ1) is 6.02. The van der Waals surface area contributed by atoms with Gasteiger partial charge in [0.1, 0.15) is 0 Å². The SMILES string of the molecule is C=C(C)CC(O)C(CC)(CC)OC. The molecule has 0 aliphatic rings. The average Bonchev–Trinajstić information content (AvgIpc) is 2.07. The fourth-order valence-electron chi connectivity index (χ4n) is 1.66. The van der Waals surface area contributed by atoms with Crippen LogP contribution in [0.5, 0.6) is 0 Å². The van der Waals surface area contributed by atoms with Gasteiger partial charge in [-0.1, -0.05) is 19.4 Å². The molecule has 0 amide bonds. The Morgan fingerprint density at radius 3 is 2.15 bits per heavy atom. The lowest BCUT2D eigenvalue weighted by Gasteiger charge is -2.35. The fraction of sp³-hybridized carbons (Fsp3) is 0.818. The van der Waals surface area contributed by atoms with Gasteiger partial charge in [-0.2, -0.15) is 0 Å². The Labute approximate surface area is 81.6 Å². The summed E-state index contributed by atoms with van der Waals surface area (Å²) in [4.78, 5) is 0. The van der Waals surface area contributed by atoms with Gasteiger partial charge < -0.3 is 9.84 Å². The van der Waals surface area contributed by atoms with Gasteiger partial charge in [0.05, 0.1) is 11.7 Å². The molecule has 0 aliphatic heterocycles. The van der Waals surface area contributed by atoms with Gasteiger partial charge in [0.25, 0.3) is 0 Å². The van der Waals surface area contributed by atoms with Crippen LogP contribution in [0.3, 0.4) is 0 Å². The molecule has 2 nitrogen and oxygen atoms in total. The zero-order valence-corrected chi connectivity index (χ0v) is 9.26. The number of rotatable bonds is 6. The molecule has 1 unspecified atom stereocenters. The molecule has 0 aromatic carbocycles. The molecule has 0 rings (SSSR count). The number of aliphatic hydroxyl groups excluding tert-OH is 1. The number of ether oxygens (including phenoxy) is 1. The number of aliphatic hydroxyl groups is 1. The summed E-state index contributed by atoms with van der Waals surface area (Å²) in [6.45, 7) is 9.79. The Bertz CT molecular complexity index is 151. The van der Waals surface area contributed by atoms with Crippen molar-refractivity contribution in [3.8, 4) is 0 Å². The number of methoxy groups -OCH3 is 1. The third-order valence-electron chi connectivity index (χ3n) is 2.75. The van der Waals surface area contributed by atoms with Crippen molar-refractivity contribution >= 4 is 0 Å². The third kappa shape index (κ3) is 3.12. The van der Waals surface area contributed by atoms with E-state index in [0.717, 1.165) is 18.4 Å². The van der Waals surface area contributed by atoms with Gasteiger partial charge in [-0.3, -0.25) is 0 Å². The van der Waals surface area contributed by atoms with E-state index in [0.29, 0.717) is 6.42 Å². The summed E-state index contributed by atoms with van der Waals surface area (Å²) in [6, 6.07) is 0. The lowest BCUT2D eigenvalue weighted by molar-refractivity contribution is -0.106. The second kappa shape index (κ2) is 5.40. The Morgan fingerprint density at radius 1 is 1.46 bits per heavy atom. The molecule has 0 saturated carbocycles. The Morgan fingerprint density at radius 2 is 1.92 bits per heavy atom. The topological polar surface area (TPSA) is 29.5 Å². The fourth-order valence-corrected chi connectivity index (χ4v) is 1.66. The van der Waals surface area contributed by atoms with E-state index in [2.05, 4.69) is 6.58 Å². The maximum Gasteiger partial charge on any atom is 0.0934 e. The van der Waals surface area contributed by atoms with Crippen molar-refractivity contribution in [2.24, 2.45) is 0 Å². The second-order valence-electron chi connectivity index (χ2n) is 3.65. The molecule has 0 aliphatic carbocycles. The summed E-state index contributed by atoms with van der Waals surface area (Å²) in [7, 11) is 1.66. The molecule has 0 aromatic heterocycles. The minimum atomic E-state index is -0.440. The summed E-state index contributed by atoms with van der Waals surface area (Å²) < 4.78 is 5.41. The molecule has 0 spiro atoms. The van der Waals surface area contributed by atoms with Crippen LogP contribution in [-0.4, -0.2) is 23.9 Å². The highest BCUT2D eigenvalue weighted by molar-refractivity contribution is 4.97. The van der Waals surface area contributed by atoms with E-state index in [9.17, 15) is 5.11 Å². The van der Waals surface area contributed by atoms with Crippen LogP contribution in [0.1, 0.15) is 40.0 Å². The summed E-state index contributed by atoms with van der Waals surface area (Å²) in [5, 5.41) is 9.94. The molecule has 2 heteroatoms. The van der Waals surface area contributed by atoms with Crippen LogP contribution >= 0.6 is 0 Å². The maximum absolute atomic E-state index is 9.94. The van der Waals surface area contributed by atoms with Crippen molar-refractivity contribution in [1.29, 1.82) is 0 Å². The molecular formula is C11H22O2. The molecule has 13 heavy (non-hydrogen) atoms. The number of hydrogen-bond donors (Lipinski definition) is 1. The van der Waals surface area contributed by atoms with Gasteiger partial charge in [0, 0.05) is 7.11 Å². The molecule has 0 aromatic rings. The largest absolute Gasteiger partial charge is 0.390 e. The lowest BCUT2D eigenvalue weighted by Crippen LogP contribution is -2.43. The normalized spacial score (nSPS) is 14.2. The summed E-state index contributed by atoms with van der Waals surface area (Å²) in [6.07, 6.45) is 1.84. The standard InChI is InChI=1S/C11H22O2/c1-6-11(7-2,13-5)10(12)8-9(3)4/h10,12H,3,6-8H2,1-2,4-5H3. The van der Waals surface area contributed by atoms with Crippen LogP contribution in [-0.2, 0) is 4.74 Å². The monoisotopic (exact) mass is 186 g/mol. The van der Waals surface area contributed by atoms with Crippen LogP contribution in [0.2, 0.25) is 0 Å². The minimum Gasteiger partial charge on any atom is -0.390 e. The van der Waals surface area contributed by atoms with Crippen molar-refractivity contribution in [2.45, 2.75) is 51.7 Å². The maximum atomic E-state index is 9.94. The van der Waals surface area contributed by atoms with E-state index in [1.165, 1.54) is 0 Å². The van der Waals surface area contributed by atoms with Crippen molar-refractivity contribution in [1.82, 2.24) is 0 Å². The van der Waals surface area contributed by atoms with Crippen molar-refractivity contribution < 1.29 is 9.84 Å². The molecule has 0 radical (unpaired) electrons. The Kier molecular flexibility index (Phi) is 5.26. The van der Waals surface area contributed by atoms with Gasteiger partial charge in [0.15, 0.2) is 0 Å². The smallest absolute Gasteiger partial charge is 0.0934 e. The summed E-state index contributed by atoms with van der Waals surface area (Å²) >= 11 is 0. The van der Waals surface area contributed by atoms with Gasteiger partial charge >= 0.3 is 0 Å². The first-order valence-corrected chi connectivity index (χ1v) is 4.90. The quantitative estimate of drug-likeness (QED) is 0.646. The highest BCUT2D eigenvalue weighted by atomic mass is 16.5. The molecule has 1 atom stereocenters. The van der Waals surface area contributed by atoms with Crippen LogP contribution in [0.4, 0.5) is 0 Å². The van der Waals surface area contributed by atoms with Crippen molar-refractivity contribution in [3.63, 3.8) is 0 Å². The molecule has 0 heterocycles. The molecule has 0 fully saturated rings. The van der Waals surface area contributed by atoms with Gasteiger partial charge in [-0.15, -0.1) is 6.58 Å². The van der Waals surface area contributed by atoms with E-state index in [4.69, 9.17) is 4.74 Å². The molecule has 0 bridgehead atoms. The van der Waals surface area contributed by atoms with E-state index in [-0.39, 0.29) is 5.60 Å². The molecular weight excluding hydrogens is 164 g/mol. The zero-order valence-electron chi connectivity index (χ0n) is 9.26.